The first-order chi connectivity index (χ1) is 10.9. The van der Waals surface area contributed by atoms with Gasteiger partial charge in [-0.15, -0.1) is 0 Å². The summed E-state index contributed by atoms with van der Waals surface area (Å²) < 4.78 is 2.20. The molecule has 1 heterocycles. The molecule has 2 aromatic rings. The number of aromatic nitrogens is 1. The lowest BCUT2D eigenvalue weighted by Gasteiger charge is -2.28. The molecule has 0 fully saturated rings. The normalized spacial score (nSPS) is 12.6. The zero-order chi connectivity index (χ0) is 17.0. The maximum Gasteiger partial charge on any atom is 0.322 e. The van der Waals surface area contributed by atoms with Crippen molar-refractivity contribution in [1.29, 1.82) is 0 Å². The summed E-state index contributed by atoms with van der Waals surface area (Å²) in [6.07, 6.45) is 2.59. The highest BCUT2D eigenvalue weighted by Gasteiger charge is 2.19. The molecule has 0 bridgehead atoms. The molecule has 0 saturated carbocycles. The fourth-order valence-corrected chi connectivity index (χ4v) is 2.71. The number of carbonyl (C=O) groups excluding carboxylic acids is 1. The third-order valence-corrected chi connectivity index (χ3v) is 3.83. The molecule has 1 aromatic heterocycles. The van der Waals surface area contributed by atoms with Gasteiger partial charge in [0.05, 0.1) is 11.6 Å². The SMILES string of the molecule is CCCn1ccc2ccc(NC(=O)N(CC(C)O)C(C)C)cc21. The molecular weight excluding hydrogens is 290 g/mol. The molecule has 0 saturated heterocycles. The molecule has 5 nitrogen and oxygen atoms in total. The number of hydrogen-bond donors (Lipinski definition) is 2. The summed E-state index contributed by atoms with van der Waals surface area (Å²) in [5.41, 5.74) is 1.89. The zero-order valence-electron chi connectivity index (χ0n) is 14.4. The Hall–Kier alpha value is -2.01. The minimum atomic E-state index is -0.549. The van der Waals surface area contributed by atoms with Gasteiger partial charge in [0.1, 0.15) is 0 Å². The molecule has 1 unspecified atom stereocenters. The first-order valence-corrected chi connectivity index (χ1v) is 8.27. The van der Waals surface area contributed by atoms with Crippen LogP contribution in [0.2, 0.25) is 0 Å². The molecule has 2 amide bonds. The van der Waals surface area contributed by atoms with Crippen LogP contribution in [0.5, 0.6) is 0 Å². The summed E-state index contributed by atoms with van der Waals surface area (Å²) in [4.78, 5) is 14.1. The maximum absolute atomic E-state index is 12.5. The van der Waals surface area contributed by atoms with Crippen LogP contribution < -0.4 is 5.32 Å². The van der Waals surface area contributed by atoms with Crippen LogP contribution in [0.25, 0.3) is 10.9 Å². The minimum absolute atomic E-state index is 0.0253. The maximum atomic E-state index is 12.5. The van der Waals surface area contributed by atoms with E-state index in [1.165, 1.54) is 5.39 Å². The average molecular weight is 317 g/mol. The van der Waals surface area contributed by atoms with Crippen LogP contribution in [0.15, 0.2) is 30.5 Å². The highest BCUT2D eigenvalue weighted by Crippen LogP contribution is 2.21. The number of aliphatic hydroxyl groups excluding tert-OH is 1. The summed E-state index contributed by atoms with van der Waals surface area (Å²) in [5, 5.41) is 13.7. The fraction of sp³-hybridized carbons (Fsp3) is 0.500. The number of rotatable bonds is 6. The molecule has 0 aliphatic rings. The number of amides is 2. The van der Waals surface area contributed by atoms with E-state index < -0.39 is 6.10 Å². The summed E-state index contributed by atoms with van der Waals surface area (Å²) in [7, 11) is 0. The van der Waals surface area contributed by atoms with Crippen molar-refractivity contribution in [2.45, 2.75) is 52.8 Å². The number of nitrogens with one attached hydrogen (secondary N) is 1. The molecule has 1 aromatic carbocycles. The van der Waals surface area contributed by atoms with Crippen molar-refractivity contribution in [3.05, 3.63) is 30.5 Å². The number of carbonyl (C=O) groups is 1. The van der Waals surface area contributed by atoms with E-state index in [1.807, 2.05) is 32.0 Å². The lowest BCUT2D eigenvalue weighted by Crippen LogP contribution is -2.43. The van der Waals surface area contributed by atoms with E-state index in [4.69, 9.17) is 0 Å². The van der Waals surface area contributed by atoms with Gasteiger partial charge in [0.15, 0.2) is 0 Å². The number of fused-ring (bicyclic) bond motifs is 1. The summed E-state index contributed by atoms with van der Waals surface area (Å²) in [5.74, 6) is 0. The van der Waals surface area contributed by atoms with Crippen LogP contribution in [0.3, 0.4) is 0 Å². The predicted octanol–water partition coefficient (Wildman–Crippen LogP) is 3.67. The van der Waals surface area contributed by atoms with E-state index in [2.05, 4.69) is 29.1 Å². The first kappa shape index (κ1) is 17.3. The van der Waals surface area contributed by atoms with Crippen LogP contribution in [0.4, 0.5) is 10.5 Å². The highest BCUT2D eigenvalue weighted by atomic mass is 16.3. The van der Waals surface area contributed by atoms with Gasteiger partial charge in [-0.05, 0) is 50.8 Å². The smallest absolute Gasteiger partial charge is 0.322 e. The quantitative estimate of drug-likeness (QED) is 0.854. The van der Waals surface area contributed by atoms with Gasteiger partial charge in [0.2, 0.25) is 0 Å². The van der Waals surface area contributed by atoms with Crippen LogP contribution >= 0.6 is 0 Å². The number of hydrogen-bond acceptors (Lipinski definition) is 2. The Kier molecular flexibility index (Phi) is 5.66. The predicted molar refractivity (Wildman–Crippen MR) is 94.8 cm³/mol. The Morgan fingerprint density at radius 2 is 2.04 bits per heavy atom. The Morgan fingerprint density at radius 1 is 1.30 bits per heavy atom. The Labute approximate surface area is 137 Å². The lowest BCUT2D eigenvalue weighted by atomic mass is 10.2. The van der Waals surface area contributed by atoms with Crippen LogP contribution in [-0.4, -0.2) is 39.3 Å². The van der Waals surface area contributed by atoms with Crippen LogP contribution in [-0.2, 0) is 6.54 Å². The van der Waals surface area contributed by atoms with E-state index in [1.54, 1.807) is 11.8 Å². The second-order valence-corrected chi connectivity index (χ2v) is 6.31. The molecular formula is C18H27N3O2. The average Bonchev–Trinajstić information content (AvgIpc) is 2.87. The molecule has 126 valence electrons. The Morgan fingerprint density at radius 3 is 2.65 bits per heavy atom. The third kappa shape index (κ3) is 4.26. The monoisotopic (exact) mass is 317 g/mol. The van der Waals surface area contributed by atoms with Crippen molar-refractivity contribution < 1.29 is 9.90 Å². The molecule has 0 aliphatic heterocycles. The number of aliphatic hydroxyl groups is 1. The molecule has 0 spiro atoms. The van der Waals surface area contributed by atoms with Gasteiger partial charge in [0.25, 0.3) is 0 Å². The van der Waals surface area contributed by atoms with Crippen LogP contribution in [0, 0.1) is 0 Å². The third-order valence-electron chi connectivity index (χ3n) is 3.83. The molecule has 1 atom stereocenters. The van der Waals surface area contributed by atoms with E-state index in [9.17, 15) is 9.90 Å². The van der Waals surface area contributed by atoms with Gasteiger partial charge in [-0.2, -0.15) is 0 Å². The van der Waals surface area contributed by atoms with Gasteiger partial charge >= 0.3 is 6.03 Å². The van der Waals surface area contributed by atoms with Crippen molar-refractivity contribution in [1.82, 2.24) is 9.47 Å². The standard InChI is InChI=1S/C18H27N3O2/c1-5-9-20-10-8-15-6-7-16(11-17(15)20)19-18(23)21(13(2)3)12-14(4)22/h6-8,10-11,13-14,22H,5,9,12H2,1-4H3,(H,19,23). The number of aryl methyl sites for hydroxylation is 1. The fourth-order valence-electron chi connectivity index (χ4n) is 2.71. The molecule has 0 radical (unpaired) electrons. The van der Waals surface area contributed by atoms with Gasteiger partial charge in [-0.3, -0.25) is 0 Å². The topological polar surface area (TPSA) is 57.5 Å². The second-order valence-electron chi connectivity index (χ2n) is 6.31. The number of nitrogens with zero attached hydrogens (tertiary/aromatic N) is 2. The van der Waals surface area contributed by atoms with Gasteiger partial charge < -0.3 is 19.9 Å². The van der Waals surface area contributed by atoms with Crippen molar-refractivity contribution >= 4 is 22.6 Å². The summed E-state index contributed by atoms with van der Waals surface area (Å²) in [6.45, 7) is 8.99. The highest BCUT2D eigenvalue weighted by molar-refractivity contribution is 5.93. The number of anilines is 1. The number of urea groups is 1. The minimum Gasteiger partial charge on any atom is -0.392 e. The van der Waals surface area contributed by atoms with Gasteiger partial charge in [0, 0.05) is 31.0 Å². The van der Waals surface area contributed by atoms with E-state index in [0.717, 1.165) is 24.2 Å². The molecule has 2 N–H and O–H groups in total. The van der Waals surface area contributed by atoms with E-state index in [0.29, 0.717) is 6.54 Å². The zero-order valence-corrected chi connectivity index (χ0v) is 14.4. The van der Waals surface area contributed by atoms with Crippen molar-refractivity contribution in [2.75, 3.05) is 11.9 Å². The van der Waals surface area contributed by atoms with E-state index in [-0.39, 0.29) is 12.1 Å². The second kappa shape index (κ2) is 7.51. The summed E-state index contributed by atoms with van der Waals surface area (Å²) in [6, 6.07) is 7.86. The molecule has 0 aliphatic carbocycles. The van der Waals surface area contributed by atoms with E-state index >= 15 is 0 Å². The molecule has 2 rings (SSSR count). The van der Waals surface area contributed by atoms with Crippen molar-refractivity contribution in [3.8, 4) is 0 Å². The molecule has 5 heteroatoms. The lowest BCUT2D eigenvalue weighted by molar-refractivity contribution is 0.125. The van der Waals surface area contributed by atoms with Crippen molar-refractivity contribution in [2.24, 2.45) is 0 Å². The molecule has 23 heavy (non-hydrogen) atoms. The summed E-state index contributed by atoms with van der Waals surface area (Å²) >= 11 is 0. The van der Waals surface area contributed by atoms with Gasteiger partial charge in [-0.1, -0.05) is 13.0 Å². The number of benzene rings is 1. The first-order valence-electron chi connectivity index (χ1n) is 8.27. The Balaban J connectivity index is 2.19. The largest absolute Gasteiger partial charge is 0.392 e. The van der Waals surface area contributed by atoms with Crippen molar-refractivity contribution in [3.63, 3.8) is 0 Å². The Bertz CT molecular complexity index is 661. The van der Waals surface area contributed by atoms with Gasteiger partial charge in [-0.25, -0.2) is 4.79 Å². The van der Waals surface area contributed by atoms with Crippen LogP contribution in [0.1, 0.15) is 34.1 Å².